The molecule has 1 aromatic rings. The zero-order valence-corrected chi connectivity index (χ0v) is 11.6. The fraction of sp³-hybridized carbons (Fsp3) is 0.500. The first-order chi connectivity index (χ1) is 9.56. The van der Waals surface area contributed by atoms with Crippen LogP contribution in [0.3, 0.4) is 0 Å². The zero-order valence-electron chi connectivity index (χ0n) is 11.6. The number of hydrogen-bond donors (Lipinski definition) is 2. The molecule has 20 heavy (non-hydrogen) atoms. The molecule has 2 heterocycles. The Morgan fingerprint density at radius 3 is 2.75 bits per heavy atom. The van der Waals surface area contributed by atoms with Gasteiger partial charge in [0.1, 0.15) is 5.69 Å². The summed E-state index contributed by atoms with van der Waals surface area (Å²) >= 11 is 0. The Hall–Kier alpha value is -2.11. The van der Waals surface area contributed by atoms with Crippen LogP contribution < -0.4 is 11.1 Å². The number of anilines is 1. The summed E-state index contributed by atoms with van der Waals surface area (Å²) < 4.78 is 0. The van der Waals surface area contributed by atoms with Crippen molar-refractivity contribution in [2.45, 2.75) is 19.8 Å². The molecule has 2 rings (SSSR count). The SMILES string of the molecule is CC(=O)N1CCC(CNc2ccnc(C(N)=O)c2)CC1. The minimum Gasteiger partial charge on any atom is -0.385 e. The van der Waals surface area contributed by atoms with Gasteiger partial charge in [-0.05, 0) is 30.9 Å². The van der Waals surface area contributed by atoms with Gasteiger partial charge in [0.05, 0.1) is 0 Å². The fourth-order valence-electron chi connectivity index (χ4n) is 2.39. The maximum Gasteiger partial charge on any atom is 0.267 e. The molecular formula is C14H20N4O2. The Labute approximate surface area is 118 Å². The molecule has 1 aromatic heterocycles. The number of carbonyl (C=O) groups excluding carboxylic acids is 2. The molecule has 2 amide bonds. The van der Waals surface area contributed by atoms with Gasteiger partial charge in [0.25, 0.3) is 5.91 Å². The number of piperidine rings is 1. The van der Waals surface area contributed by atoms with E-state index in [1.54, 1.807) is 19.2 Å². The number of amides is 2. The number of likely N-dealkylation sites (tertiary alicyclic amines) is 1. The van der Waals surface area contributed by atoms with Crippen LogP contribution in [0.4, 0.5) is 5.69 Å². The molecule has 1 fully saturated rings. The van der Waals surface area contributed by atoms with Crippen LogP contribution in [0.2, 0.25) is 0 Å². The third-order valence-electron chi connectivity index (χ3n) is 3.67. The lowest BCUT2D eigenvalue weighted by molar-refractivity contribution is -0.130. The lowest BCUT2D eigenvalue weighted by atomic mass is 9.96. The number of rotatable bonds is 4. The standard InChI is InChI=1S/C14H20N4O2/c1-10(19)18-6-3-11(4-7-18)9-17-12-2-5-16-13(8-12)14(15)20/h2,5,8,11H,3-4,6-7,9H2,1H3,(H2,15,20)(H,16,17). The minimum absolute atomic E-state index is 0.150. The number of nitrogens with two attached hydrogens (primary N) is 1. The number of nitrogens with one attached hydrogen (secondary N) is 1. The van der Waals surface area contributed by atoms with E-state index in [1.807, 2.05) is 11.0 Å². The van der Waals surface area contributed by atoms with Crippen LogP contribution >= 0.6 is 0 Å². The van der Waals surface area contributed by atoms with Gasteiger partial charge in [-0.15, -0.1) is 0 Å². The van der Waals surface area contributed by atoms with Crippen molar-refractivity contribution in [2.24, 2.45) is 11.7 Å². The van der Waals surface area contributed by atoms with Crippen LogP contribution in [-0.4, -0.2) is 41.3 Å². The Balaban J connectivity index is 1.83. The first-order valence-electron chi connectivity index (χ1n) is 6.81. The van der Waals surface area contributed by atoms with E-state index in [0.29, 0.717) is 5.92 Å². The first-order valence-corrected chi connectivity index (χ1v) is 6.81. The highest BCUT2D eigenvalue weighted by Gasteiger charge is 2.20. The van der Waals surface area contributed by atoms with E-state index in [4.69, 9.17) is 5.73 Å². The second-order valence-corrected chi connectivity index (χ2v) is 5.12. The van der Waals surface area contributed by atoms with Gasteiger partial charge in [0.15, 0.2) is 0 Å². The van der Waals surface area contributed by atoms with Gasteiger partial charge in [-0.2, -0.15) is 0 Å². The van der Waals surface area contributed by atoms with E-state index in [-0.39, 0.29) is 11.6 Å². The second kappa shape index (κ2) is 6.36. The molecule has 0 aliphatic carbocycles. The fourth-order valence-corrected chi connectivity index (χ4v) is 2.39. The molecule has 6 heteroatoms. The number of primary amides is 1. The predicted octanol–water partition coefficient (Wildman–Crippen LogP) is 0.851. The number of pyridine rings is 1. The average Bonchev–Trinajstić information content (AvgIpc) is 2.46. The summed E-state index contributed by atoms with van der Waals surface area (Å²) in [5.41, 5.74) is 6.31. The average molecular weight is 276 g/mol. The van der Waals surface area contributed by atoms with Gasteiger partial charge in [-0.1, -0.05) is 0 Å². The molecule has 1 aliphatic heterocycles. The number of nitrogens with zero attached hydrogens (tertiary/aromatic N) is 2. The minimum atomic E-state index is -0.525. The molecule has 0 saturated carbocycles. The summed E-state index contributed by atoms with van der Waals surface area (Å²) in [6.45, 7) is 4.09. The molecule has 6 nitrogen and oxygen atoms in total. The van der Waals surface area contributed by atoms with Crippen LogP contribution in [0.25, 0.3) is 0 Å². The lowest BCUT2D eigenvalue weighted by Crippen LogP contribution is -2.38. The summed E-state index contributed by atoms with van der Waals surface area (Å²) in [6.07, 6.45) is 3.57. The van der Waals surface area contributed by atoms with E-state index < -0.39 is 5.91 Å². The maximum absolute atomic E-state index is 11.2. The molecule has 0 atom stereocenters. The largest absolute Gasteiger partial charge is 0.385 e. The molecule has 108 valence electrons. The quantitative estimate of drug-likeness (QED) is 0.853. The van der Waals surface area contributed by atoms with Crippen molar-refractivity contribution in [1.82, 2.24) is 9.88 Å². The van der Waals surface area contributed by atoms with Crippen molar-refractivity contribution in [2.75, 3.05) is 25.0 Å². The summed E-state index contributed by atoms with van der Waals surface area (Å²) in [7, 11) is 0. The molecular weight excluding hydrogens is 256 g/mol. The topological polar surface area (TPSA) is 88.3 Å². The predicted molar refractivity (Wildman–Crippen MR) is 76.2 cm³/mol. The molecule has 3 N–H and O–H groups in total. The molecule has 0 unspecified atom stereocenters. The van der Waals surface area contributed by atoms with E-state index in [0.717, 1.165) is 38.2 Å². The van der Waals surface area contributed by atoms with Gasteiger partial charge in [0, 0.05) is 38.4 Å². The van der Waals surface area contributed by atoms with Crippen LogP contribution in [0, 0.1) is 5.92 Å². The van der Waals surface area contributed by atoms with Crippen molar-refractivity contribution < 1.29 is 9.59 Å². The van der Waals surface area contributed by atoms with Crippen LogP contribution in [0.1, 0.15) is 30.3 Å². The van der Waals surface area contributed by atoms with Gasteiger partial charge >= 0.3 is 0 Å². The van der Waals surface area contributed by atoms with Crippen LogP contribution in [-0.2, 0) is 4.79 Å². The molecule has 0 aromatic carbocycles. The number of aromatic nitrogens is 1. The van der Waals surface area contributed by atoms with Crippen molar-refractivity contribution in [3.63, 3.8) is 0 Å². The number of hydrogen-bond acceptors (Lipinski definition) is 4. The second-order valence-electron chi connectivity index (χ2n) is 5.12. The molecule has 0 radical (unpaired) electrons. The summed E-state index contributed by atoms with van der Waals surface area (Å²) in [4.78, 5) is 28.1. The summed E-state index contributed by atoms with van der Waals surface area (Å²) in [5.74, 6) is 0.163. The molecule has 0 bridgehead atoms. The number of carbonyl (C=O) groups is 2. The van der Waals surface area contributed by atoms with Crippen molar-refractivity contribution >= 4 is 17.5 Å². The highest BCUT2D eigenvalue weighted by molar-refractivity contribution is 5.91. The van der Waals surface area contributed by atoms with E-state index in [2.05, 4.69) is 10.3 Å². The van der Waals surface area contributed by atoms with Crippen molar-refractivity contribution in [3.8, 4) is 0 Å². The van der Waals surface area contributed by atoms with Crippen LogP contribution in [0.15, 0.2) is 18.3 Å². The van der Waals surface area contributed by atoms with Crippen LogP contribution in [0.5, 0.6) is 0 Å². The summed E-state index contributed by atoms with van der Waals surface area (Å²) in [6, 6.07) is 3.48. The monoisotopic (exact) mass is 276 g/mol. The zero-order chi connectivity index (χ0) is 14.5. The normalized spacial score (nSPS) is 15.9. The maximum atomic E-state index is 11.2. The third kappa shape index (κ3) is 3.69. The summed E-state index contributed by atoms with van der Waals surface area (Å²) in [5, 5.41) is 3.30. The third-order valence-corrected chi connectivity index (χ3v) is 3.67. The van der Waals surface area contributed by atoms with Gasteiger partial charge < -0.3 is 16.0 Å². The van der Waals surface area contributed by atoms with Gasteiger partial charge in [0.2, 0.25) is 5.91 Å². The van der Waals surface area contributed by atoms with Gasteiger partial charge in [-0.3, -0.25) is 14.6 Å². The Morgan fingerprint density at radius 2 is 2.15 bits per heavy atom. The lowest BCUT2D eigenvalue weighted by Gasteiger charge is -2.31. The van der Waals surface area contributed by atoms with Crippen molar-refractivity contribution in [3.05, 3.63) is 24.0 Å². The van der Waals surface area contributed by atoms with E-state index >= 15 is 0 Å². The van der Waals surface area contributed by atoms with E-state index in [9.17, 15) is 9.59 Å². The molecule has 1 aliphatic rings. The Morgan fingerprint density at radius 1 is 1.45 bits per heavy atom. The van der Waals surface area contributed by atoms with Gasteiger partial charge in [-0.25, -0.2) is 0 Å². The van der Waals surface area contributed by atoms with Crippen molar-refractivity contribution in [1.29, 1.82) is 0 Å². The Kier molecular flexibility index (Phi) is 4.55. The highest BCUT2D eigenvalue weighted by Crippen LogP contribution is 2.18. The highest BCUT2D eigenvalue weighted by atomic mass is 16.2. The molecule has 1 saturated heterocycles. The smallest absolute Gasteiger partial charge is 0.267 e. The Bertz CT molecular complexity index is 496. The van der Waals surface area contributed by atoms with E-state index in [1.165, 1.54) is 0 Å². The first kappa shape index (κ1) is 14.3. The molecule has 0 spiro atoms.